The molecule has 0 spiro atoms. The highest BCUT2D eigenvalue weighted by molar-refractivity contribution is 6.04. The van der Waals surface area contributed by atoms with Crippen molar-refractivity contribution < 1.29 is 9.53 Å². The number of aryl methyl sites for hydroxylation is 1. The van der Waals surface area contributed by atoms with Gasteiger partial charge in [-0.2, -0.15) is 5.10 Å². The third kappa shape index (κ3) is 2.19. The first kappa shape index (κ1) is 11.8. The molecule has 2 aromatic rings. The summed E-state index contributed by atoms with van der Waals surface area (Å²) in [7, 11) is 0. The molecular weight excluding hydrogens is 242 g/mol. The van der Waals surface area contributed by atoms with E-state index in [1.54, 1.807) is 12.3 Å². The fourth-order valence-corrected chi connectivity index (χ4v) is 2.20. The van der Waals surface area contributed by atoms with Gasteiger partial charge in [0.05, 0.1) is 12.8 Å². The maximum atomic E-state index is 12.2. The first-order valence-corrected chi connectivity index (χ1v) is 6.37. The minimum atomic E-state index is -0.131. The van der Waals surface area contributed by atoms with Crippen LogP contribution in [0.25, 0.3) is 0 Å². The minimum absolute atomic E-state index is 0.131. The summed E-state index contributed by atoms with van der Waals surface area (Å²) in [6.45, 7) is 2.72. The third-order valence-corrected chi connectivity index (χ3v) is 3.29. The van der Waals surface area contributed by atoms with Gasteiger partial charge >= 0.3 is 0 Å². The van der Waals surface area contributed by atoms with Crippen LogP contribution in [0.1, 0.15) is 28.4 Å². The lowest BCUT2D eigenvalue weighted by Crippen LogP contribution is -2.13. The van der Waals surface area contributed by atoms with Gasteiger partial charge in [0.1, 0.15) is 11.6 Å². The van der Waals surface area contributed by atoms with Crippen LogP contribution in [-0.2, 0) is 12.8 Å². The quantitative estimate of drug-likeness (QED) is 0.885. The number of rotatable bonds is 3. The van der Waals surface area contributed by atoms with E-state index in [4.69, 9.17) is 4.74 Å². The van der Waals surface area contributed by atoms with Crippen LogP contribution < -0.4 is 10.1 Å². The van der Waals surface area contributed by atoms with E-state index >= 15 is 0 Å². The molecule has 0 unspecified atom stereocenters. The number of aromatic amines is 1. The summed E-state index contributed by atoms with van der Waals surface area (Å²) in [4.78, 5) is 12.2. The molecule has 0 bridgehead atoms. The second kappa shape index (κ2) is 4.76. The summed E-state index contributed by atoms with van der Waals surface area (Å²) in [5, 5.41) is 9.59. The lowest BCUT2D eigenvalue weighted by molar-refractivity contribution is 0.102. The normalized spacial score (nSPS) is 12.9. The Morgan fingerprint density at radius 1 is 1.53 bits per heavy atom. The SMILES string of the molecule is CCc1cn[nH]c1NC(=O)c1ccc2c(c1)CCO2. The molecule has 1 aliphatic rings. The van der Waals surface area contributed by atoms with Crippen LogP contribution >= 0.6 is 0 Å². The molecule has 0 atom stereocenters. The minimum Gasteiger partial charge on any atom is -0.493 e. The van der Waals surface area contributed by atoms with Crippen molar-refractivity contribution >= 4 is 11.7 Å². The molecule has 0 saturated heterocycles. The Kier molecular flexibility index (Phi) is 2.95. The first-order valence-electron chi connectivity index (χ1n) is 6.37. The summed E-state index contributed by atoms with van der Waals surface area (Å²) in [5.41, 5.74) is 2.73. The molecule has 0 aliphatic carbocycles. The number of anilines is 1. The standard InChI is InChI=1S/C14H15N3O2/c1-2-9-8-15-17-13(9)16-14(18)11-3-4-12-10(7-11)5-6-19-12/h3-4,7-8H,2,5-6H2,1H3,(H2,15,16,17,18). The van der Waals surface area contributed by atoms with E-state index in [1.807, 2.05) is 19.1 Å². The van der Waals surface area contributed by atoms with Gasteiger partial charge in [0.15, 0.2) is 0 Å². The Labute approximate surface area is 111 Å². The lowest BCUT2D eigenvalue weighted by Gasteiger charge is -2.06. The van der Waals surface area contributed by atoms with Crippen LogP contribution in [0.2, 0.25) is 0 Å². The van der Waals surface area contributed by atoms with E-state index in [0.717, 1.165) is 29.7 Å². The molecule has 1 aromatic carbocycles. The van der Waals surface area contributed by atoms with Crippen molar-refractivity contribution in [3.05, 3.63) is 41.1 Å². The van der Waals surface area contributed by atoms with E-state index in [2.05, 4.69) is 15.5 Å². The van der Waals surface area contributed by atoms with Gasteiger partial charge in [-0.3, -0.25) is 9.89 Å². The molecule has 98 valence electrons. The van der Waals surface area contributed by atoms with E-state index in [1.165, 1.54) is 0 Å². The summed E-state index contributed by atoms with van der Waals surface area (Å²) in [6, 6.07) is 5.52. The average Bonchev–Trinajstić information content (AvgIpc) is 3.05. The topological polar surface area (TPSA) is 67.0 Å². The highest BCUT2D eigenvalue weighted by Gasteiger charge is 2.16. The van der Waals surface area contributed by atoms with Crippen molar-refractivity contribution in [3.63, 3.8) is 0 Å². The van der Waals surface area contributed by atoms with Crippen LogP contribution in [0.4, 0.5) is 5.82 Å². The first-order chi connectivity index (χ1) is 9.28. The van der Waals surface area contributed by atoms with Crippen molar-refractivity contribution in [2.75, 3.05) is 11.9 Å². The van der Waals surface area contributed by atoms with Gasteiger partial charge in [0.2, 0.25) is 0 Å². The van der Waals surface area contributed by atoms with Crippen molar-refractivity contribution in [2.24, 2.45) is 0 Å². The predicted octanol–water partition coefficient (Wildman–Crippen LogP) is 2.16. The van der Waals surface area contributed by atoms with E-state index < -0.39 is 0 Å². The van der Waals surface area contributed by atoms with Crippen LogP contribution in [0.5, 0.6) is 5.75 Å². The molecule has 3 rings (SSSR count). The number of amides is 1. The second-order valence-electron chi connectivity index (χ2n) is 4.50. The Morgan fingerprint density at radius 2 is 2.42 bits per heavy atom. The number of fused-ring (bicyclic) bond motifs is 1. The van der Waals surface area contributed by atoms with Crippen molar-refractivity contribution in [1.82, 2.24) is 10.2 Å². The predicted molar refractivity (Wildman–Crippen MR) is 71.6 cm³/mol. The van der Waals surface area contributed by atoms with Crippen LogP contribution in [-0.4, -0.2) is 22.7 Å². The Morgan fingerprint density at radius 3 is 3.26 bits per heavy atom. The van der Waals surface area contributed by atoms with Crippen LogP contribution in [0, 0.1) is 0 Å². The molecule has 5 nitrogen and oxygen atoms in total. The molecule has 2 N–H and O–H groups in total. The number of hydrogen-bond donors (Lipinski definition) is 2. The molecule has 5 heteroatoms. The van der Waals surface area contributed by atoms with Crippen LogP contribution in [0.3, 0.4) is 0 Å². The van der Waals surface area contributed by atoms with Crippen molar-refractivity contribution in [2.45, 2.75) is 19.8 Å². The zero-order valence-electron chi connectivity index (χ0n) is 10.7. The number of benzene rings is 1. The fourth-order valence-electron chi connectivity index (χ4n) is 2.20. The number of aromatic nitrogens is 2. The third-order valence-electron chi connectivity index (χ3n) is 3.29. The number of H-pyrrole nitrogens is 1. The summed E-state index contributed by atoms with van der Waals surface area (Å²) < 4.78 is 5.43. The average molecular weight is 257 g/mol. The monoisotopic (exact) mass is 257 g/mol. The maximum Gasteiger partial charge on any atom is 0.256 e. The smallest absolute Gasteiger partial charge is 0.256 e. The number of nitrogens with one attached hydrogen (secondary N) is 2. The van der Waals surface area contributed by atoms with E-state index in [0.29, 0.717) is 18.0 Å². The Hall–Kier alpha value is -2.30. The number of nitrogens with zero attached hydrogens (tertiary/aromatic N) is 1. The van der Waals surface area contributed by atoms with E-state index in [9.17, 15) is 4.79 Å². The molecule has 0 saturated carbocycles. The number of carbonyl (C=O) groups excluding carboxylic acids is 1. The highest BCUT2D eigenvalue weighted by atomic mass is 16.5. The van der Waals surface area contributed by atoms with Gasteiger partial charge in [-0.1, -0.05) is 6.92 Å². The molecule has 0 radical (unpaired) electrons. The fraction of sp³-hybridized carbons (Fsp3) is 0.286. The largest absolute Gasteiger partial charge is 0.493 e. The van der Waals surface area contributed by atoms with Crippen molar-refractivity contribution in [1.29, 1.82) is 0 Å². The van der Waals surface area contributed by atoms with Gasteiger partial charge in [0.25, 0.3) is 5.91 Å². The molecule has 2 heterocycles. The van der Waals surface area contributed by atoms with Gasteiger partial charge in [0, 0.05) is 17.5 Å². The molecule has 1 aliphatic heterocycles. The summed E-state index contributed by atoms with van der Waals surface area (Å²) in [5.74, 6) is 1.42. The number of hydrogen-bond acceptors (Lipinski definition) is 3. The number of ether oxygens (including phenoxy) is 1. The zero-order chi connectivity index (χ0) is 13.2. The molecular formula is C14H15N3O2. The van der Waals surface area contributed by atoms with Gasteiger partial charge in [-0.15, -0.1) is 0 Å². The number of carbonyl (C=O) groups is 1. The summed E-state index contributed by atoms with van der Waals surface area (Å²) >= 11 is 0. The van der Waals surface area contributed by atoms with Crippen molar-refractivity contribution in [3.8, 4) is 5.75 Å². The van der Waals surface area contributed by atoms with Gasteiger partial charge in [-0.05, 0) is 30.2 Å². The van der Waals surface area contributed by atoms with Gasteiger partial charge in [-0.25, -0.2) is 0 Å². The Balaban J connectivity index is 1.81. The lowest BCUT2D eigenvalue weighted by atomic mass is 10.1. The summed E-state index contributed by atoms with van der Waals surface area (Å²) in [6.07, 6.45) is 3.41. The van der Waals surface area contributed by atoms with Gasteiger partial charge < -0.3 is 10.1 Å². The highest BCUT2D eigenvalue weighted by Crippen LogP contribution is 2.26. The van der Waals surface area contributed by atoms with E-state index in [-0.39, 0.29) is 5.91 Å². The molecule has 19 heavy (non-hydrogen) atoms. The molecule has 1 amide bonds. The molecule has 0 fully saturated rings. The maximum absolute atomic E-state index is 12.2. The van der Waals surface area contributed by atoms with Crippen LogP contribution in [0.15, 0.2) is 24.4 Å². The second-order valence-corrected chi connectivity index (χ2v) is 4.50. The zero-order valence-corrected chi connectivity index (χ0v) is 10.7. The molecule has 1 aromatic heterocycles. The Bertz CT molecular complexity index is 619.